The van der Waals surface area contributed by atoms with Crippen LogP contribution in [-0.4, -0.2) is 7.11 Å². The fourth-order valence-electron chi connectivity index (χ4n) is 1.69. The van der Waals surface area contributed by atoms with Gasteiger partial charge >= 0.3 is 0 Å². The number of hydrogen-bond acceptors (Lipinski definition) is 1. The first-order chi connectivity index (χ1) is 9.02. The molecule has 0 aliphatic heterocycles. The van der Waals surface area contributed by atoms with Crippen molar-refractivity contribution in [2.45, 2.75) is 5.38 Å². The molecule has 0 amide bonds. The van der Waals surface area contributed by atoms with E-state index in [4.69, 9.17) is 27.9 Å². The monoisotopic (exact) mass is 362 g/mol. The average Bonchev–Trinajstić information content (AvgIpc) is 2.41. The minimum Gasteiger partial charge on any atom is -0.497 e. The first-order valence-corrected chi connectivity index (χ1v) is 7.06. The normalized spacial score (nSPS) is 12.3. The van der Waals surface area contributed by atoms with Crippen LogP contribution in [0.4, 0.5) is 4.39 Å². The Labute approximate surface area is 129 Å². The summed E-state index contributed by atoms with van der Waals surface area (Å²) in [7, 11) is 1.49. The predicted molar refractivity (Wildman–Crippen MR) is 79.8 cm³/mol. The SMILES string of the molecule is COc1ccc(C(Cl)c2ccc(Cl)c(Br)c2)c(F)c1. The molecular weight excluding hydrogens is 354 g/mol. The van der Waals surface area contributed by atoms with Gasteiger partial charge in [-0.25, -0.2) is 4.39 Å². The summed E-state index contributed by atoms with van der Waals surface area (Å²) in [6.45, 7) is 0. The minimum absolute atomic E-state index is 0.398. The van der Waals surface area contributed by atoms with Crippen molar-refractivity contribution in [3.63, 3.8) is 0 Å². The molecule has 0 radical (unpaired) electrons. The van der Waals surface area contributed by atoms with Gasteiger partial charge in [-0.3, -0.25) is 0 Å². The molecule has 2 aromatic carbocycles. The first-order valence-electron chi connectivity index (χ1n) is 5.45. The number of hydrogen-bond donors (Lipinski definition) is 0. The molecule has 0 N–H and O–H groups in total. The highest BCUT2D eigenvalue weighted by atomic mass is 79.9. The second-order valence-corrected chi connectivity index (χ2v) is 5.62. The van der Waals surface area contributed by atoms with Crippen LogP contribution in [0.3, 0.4) is 0 Å². The van der Waals surface area contributed by atoms with Gasteiger partial charge in [0.25, 0.3) is 0 Å². The van der Waals surface area contributed by atoms with E-state index in [1.807, 2.05) is 0 Å². The van der Waals surface area contributed by atoms with Crippen LogP contribution >= 0.6 is 39.1 Å². The molecule has 19 heavy (non-hydrogen) atoms. The molecule has 0 saturated heterocycles. The molecule has 0 saturated carbocycles. The van der Waals surface area contributed by atoms with E-state index in [1.165, 1.54) is 13.2 Å². The van der Waals surface area contributed by atoms with E-state index in [9.17, 15) is 4.39 Å². The van der Waals surface area contributed by atoms with Crippen molar-refractivity contribution in [3.8, 4) is 5.75 Å². The predicted octanol–water partition coefficient (Wildman–Crippen LogP) is 5.58. The summed E-state index contributed by atoms with van der Waals surface area (Å²) in [4.78, 5) is 0. The molecule has 0 aliphatic carbocycles. The summed E-state index contributed by atoms with van der Waals surface area (Å²) in [6.07, 6.45) is 0. The maximum Gasteiger partial charge on any atom is 0.131 e. The van der Waals surface area contributed by atoms with Crippen molar-refractivity contribution < 1.29 is 9.13 Å². The molecule has 1 atom stereocenters. The third-order valence-electron chi connectivity index (χ3n) is 2.72. The number of ether oxygens (including phenoxy) is 1. The second kappa shape index (κ2) is 6.12. The van der Waals surface area contributed by atoms with Crippen LogP contribution in [0.15, 0.2) is 40.9 Å². The van der Waals surface area contributed by atoms with Gasteiger partial charge in [-0.2, -0.15) is 0 Å². The minimum atomic E-state index is -0.584. The fourth-order valence-corrected chi connectivity index (χ4v) is 2.52. The molecule has 0 aliphatic rings. The van der Waals surface area contributed by atoms with Crippen molar-refractivity contribution in [2.75, 3.05) is 7.11 Å². The third-order valence-corrected chi connectivity index (χ3v) is 4.42. The van der Waals surface area contributed by atoms with Gasteiger partial charge in [0, 0.05) is 16.1 Å². The lowest BCUT2D eigenvalue weighted by Crippen LogP contribution is -1.98. The molecule has 0 fully saturated rings. The number of alkyl halides is 1. The Hall–Kier alpha value is -0.770. The van der Waals surface area contributed by atoms with Crippen molar-refractivity contribution in [3.05, 3.63) is 62.8 Å². The van der Waals surface area contributed by atoms with Crippen LogP contribution in [0.1, 0.15) is 16.5 Å². The van der Waals surface area contributed by atoms with Crippen LogP contribution in [-0.2, 0) is 0 Å². The molecule has 0 spiro atoms. The Morgan fingerprint density at radius 2 is 1.95 bits per heavy atom. The van der Waals surface area contributed by atoms with E-state index in [1.54, 1.807) is 30.3 Å². The summed E-state index contributed by atoms with van der Waals surface area (Å²) >= 11 is 15.6. The van der Waals surface area contributed by atoms with Gasteiger partial charge in [0.2, 0.25) is 0 Å². The van der Waals surface area contributed by atoms with Crippen LogP contribution < -0.4 is 4.74 Å². The highest BCUT2D eigenvalue weighted by Crippen LogP contribution is 2.35. The van der Waals surface area contributed by atoms with E-state index in [2.05, 4.69) is 15.9 Å². The van der Waals surface area contributed by atoms with E-state index >= 15 is 0 Å². The lowest BCUT2D eigenvalue weighted by Gasteiger charge is -2.13. The highest BCUT2D eigenvalue weighted by Gasteiger charge is 2.16. The zero-order chi connectivity index (χ0) is 14.0. The quantitative estimate of drug-likeness (QED) is 0.647. The summed E-state index contributed by atoms with van der Waals surface area (Å²) < 4.78 is 19.6. The average molecular weight is 364 g/mol. The van der Waals surface area contributed by atoms with Crippen LogP contribution in [0.25, 0.3) is 0 Å². The molecule has 0 heterocycles. The van der Waals surface area contributed by atoms with E-state index < -0.39 is 11.2 Å². The summed E-state index contributed by atoms with van der Waals surface area (Å²) in [5.41, 5.74) is 1.17. The van der Waals surface area contributed by atoms with E-state index in [-0.39, 0.29) is 0 Å². The molecule has 1 nitrogen and oxygen atoms in total. The summed E-state index contributed by atoms with van der Waals surface area (Å²) in [5, 5.41) is 0.00212. The molecule has 1 unspecified atom stereocenters. The van der Waals surface area contributed by atoms with E-state index in [0.717, 1.165) is 10.0 Å². The molecule has 0 aromatic heterocycles. The topological polar surface area (TPSA) is 9.23 Å². The summed E-state index contributed by atoms with van der Waals surface area (Å²) in [6, 6.07) is 9.89. The molecule has 2 aromatic rings. The Morgan fingerprint density at radius 3 is 2.53 bits per heavy atom. The van der Waals surface area contributed by atoms with Crippen molar-refractivity contribution >= 4 is 39.1 Å². The highest BCUT2D eigenvalue weighted by molar-refractivity contribution is 9.10. The van der Waals surface area contributed by atoms with Crippen LogP contribution in [0, 0.1) is 5.82 Å². The van der Waals surface area contributed by atoms with Gasteiger partial charge < -0.3 is 4.74 Å². The maximum atomic E-state index is 14.0. The molecule has 100 valence electrons. The van der Waals surface area contributed by atoms with Crippen LogP contribution in [0.5, 0.6) is 5.75 Å². The molecule has 0 bridgehead atoms. The maximum absolute atomic E-state index is 14.0. The van der Waals surface area contributed by atoms with Crippen molar-refractivity contribution in [1.82, 2.24) is 0 Å². The lowest BCUT2D eigenvalue weighted by molar-refractivity contribution is 0.410. The van der Waals surface area contributed by atoms with Gasteiger partial charge in [-0.05, 0) is 39.7 Å². The third kappa shape index (κ3) is 3.22. The van der Waals surface area contributed by atoms with Gasteiger partial charge in [-0.15, -0.1) is 11.6 Å². The second-order valence-electron chi connectivity index (χ2n) is 3.92. The van der Waals surface area contributed by atoms with Crippen molar-refractivity contribution in [1.29, 1.82) is 0 Å². The molecular formula is C14H10BrCl2FO. The van der Waals surface area contributed by atoms with Crippen LogP contribution in [0.2, 0.25) is 5.02 Å². The standard InChI is InChI=1S/C14H10BrCl2FO/c1-19-9-3-4-10(13(18)7-9)14(17)8-2-5-12(16)11(15)6-8/h2-7,14H,1H3. The summed E-state index contributed by atoms with van der Waals surface area (Å²) in [5.74, 6) is 0.0628. The van der Waals surface area contributed by atoms with Crippen molar-refractivity contribution in [2.24, 2.45) is 0 Å². The number of methoxy groups -OCH3 is 1. The van der Waals surface area contributed by atoms with Gasteiger partial charge in [0.1, 0.15) is 11.6 Å². The zero-order valence-corrected chi connectivity index (χ0v) is 13.1. The Balaban J connectivity index is 2.38. The number of benzene rings is 2. The van der Waals surface area contributed by atoms with Gasteiger partial charge in [0.05, 0.1) is 17.5 Å². The first kappa shape index (κ1) is 14.6. The van der Waals surface area contributed by atoms with E-state index in [0.29, 0.717) is 16.3 Å². The zero-order valence-electron chi connectivity index (χ0n) is 9.96. The lowest BCUT2D eigenvalue weighted by atomic mass is 10.0. The largest absolute Gasteiger partial charge is 0.497 e. The Morgan fingerprint density at radius 1 is 1.21 bits per heavy atom. The Bertz CT molecular complexity index is 604. The fraction of sp³-hybridized carbons (Fsp3) is 0.143. The molecule has 2 rings (SSSR count). The molecule has 5 heteroatoms. The number of halogens is 4. The van der Waals surface area contributed by atoms with Gasteiger partial charge in [-0.1, -0.05) is 23.7 Å². The van der Waals surface area contributed by atoms with Gasteiger partial charge in [0.15, 0.2) is 0 Å². The smallest absolute Gasteiger partial charge is 0.131 e. The number of rotatable bonds is 3. The Kier molecular flexibility index (Phi) is 4.71.